The number of hydrogen-bond donors (Lipinski definition) is 0. The Balaban J connectivity index is 4.60. The molecule has 0 aromatic rings. The first kappa shape index (κ1) is 16.2. The highest BCUT2D eigenvalue weighted by Gasteiger charge is 2.27. The van der Waals surface area contributed by atoms with E-state index < -0.39 is 7.82 Å². The summed E-state index contributed by atoms with van der Waals surface area (Å²) in [7, 11) is -3.91. The van der Waals surface area contributed by atoms with Gasteiger partial charge in [0.15, 0.2) is 0 Å². The molecule has 0 bridgehead atoms. The minimum absolute atomic E-state index is 0.0707. The van der Waals surface area contributed by atoms with Gasteiger partial charge in [-0.15, -0.1) is 6.58 Å². The van der Waals surface area contributed by atoms with E-state index in [9.17, 15) is 4.57 Å². The smallest absolute Gasteiger partial charge is 0.400 e. The molecule has 0 heterocycles. The highest BCUT2D eigenvalue weighted by Crippen LogP contribution is 2.50. The van der Waals surface area contributed by atoms with E-state index >= 15 is 0 Å². The Labute approximate surface area is 113 Å². The molecule has 0 unspecified atom stereocenters. The highest BCUT2D eigenvalue weighted by atomic mass is 35.5. The minimum atomic E-state index is -3.91. The maximum absolute atomic E-state index is 11.7. The summed E-state index contributed by atoms with van der Waals surface area (Å²) in [5, 5.41) is 0. The highest BCUT2D eigenvalue weighted by molar-refractivity contribution is 7.48. The molecule has 9 heteroatoms. The molecule has 16 heavy (non-hydrogen) atoms. The Morgan fingerprint density at radius 1 is 1.12 bits per heavy atom. The summed E-state index contributed by atoms with van der Waals surface area (Å²) in [6.45, 7) is 3.29. The molecular weight excluding hydrogens is 321 g/mol. The molecule has 0 spiro atoms. The second kappa shape index (κ2) is 8.29. The van der Waals surface area contributed by atoms with Gasteiger partial charge in [0, 0.05) is 0 Å². The lowest BCUT2D eigenvalue weighted by Gasteiger charge is -2.13. The van der Waals surface area contributed by atoms with Gasteiger partial charge in [-0.2, -0.15) is 0 Å². The standard InChI is InChI=1S/C7H7Cl4O4P/c1-2-3-13-16(12,14-4-6(8)9)15-5-7(10)11/h2,4-5H,1,3H2. The third kappa shape index (κ3) is 8.34. The van der Waals surface area contributed by atoms with E-state index in [4.69, 9.17) is 50.9 Å². The Bertz CT molecular complexity index is 309. The van der Waals surface area contributed by atoms with Crippen LogP contribution in [0.3, 0.4) is 0 Å². The van der Waals surface area contributed by atoms with Gasteiger partial charge in [0.25, 0.3) is 0 Å². The molecule has 0 aliphatic heterocycles. The van der Waals surface area contributed by atoms with Crippen LogP contribution >= 0.6 is 54.2 Å². The van der Waals surface area contributed by atoms with E-state index in [1.165, 1.54) is 6.08 Å². The number of phosphoric ester groups is 1. The van der Waals surface area contributed by atoms with Crippen LogP contribution in [0.2, 0.25) is 0 Å². The van der Waals surface area contributed by atoms with Gasteiger partial charge in [-0.25, -0.2) is 4.57 Å². The van der Waals surface area contributed by atoms with Crippen molar-refractivity contribution in [3.8, 4) is 0 Å². The maximum atomic E-state index is 11.7. The van der Waals surface area contributed by atoms with Gasteiger partial charge in [0.2, 0.25) is 0 Å². The lowest BCUT2D eigenvalue weighted by atomic mass is 10.7. The van der Waals surface area contributed by atoms with Gasteiger partial charge >= 0.3 is 7.82 Å². The Morgan fingerprint density at radius 2 is 1.56 bits per heavy atom. The first-order valence-corrected chi connectivity index (χ1v) is 6.61. The van der Waals surface area contributed by atoms with E-state index in [0.29, 0.717) is 0 Å². The molecular formula is C7H7Cl4O4P. The lowest BCUT2D eigenvalue weighted by molar-refractivity contribution is 0.194. The van der Waals surface area contributed by atoms with Gasteiger partial charge < -0.3 is 9.05 Å². The summed E-state index contributed by atoms with van der Waals surface area (Å²) in [4.78, 5) is 0. The normalized spacial score (nSPS) is 10.2. The lowest BCUT2D eigenvalue weighted by Crippen LogP contribution is -1.94. The van der Waals surface area contributed by atoms with Crippen LogP contribution in [0, 0.1) is 0 Å². The van der Waals surface area contributed by atoms with Crippen molar-refractivity contribution in [2.75, 3.05) is 6.61 Å². The minimum Gasteiger partial charge on any atom is -0.400 e. The first-order chi connectivity index (χ1) is 7.39. The van der Waals surface area contributed by atoms with Gasteiger partial charge in [-0.05, 0) is 0 Å². The monoisotopic (exact) mass is 326 g/mol. The zero-order valence-corrected chi connectivity index (χ0v) is 11.7. The Morgan fingerprint density at radius 3 is 1.88 bits per heavy atom. The first-order valence-electron chi connectivity index (χ1n) is 3.64. The fourth-order valence-corrected chi connectivity index (χ4v) is 1.79. The second-order valence-corrected chi connectivity index (χ2v) is 5.65. The molecule has 0 saturated carbocycles. The molecule has 92 valence electrons. The van der Waals surface area contributed by atoms with E-state index in [0.717, 1.165) is 12.5 Å². The SMILES string of the molecule is C=CCOP(=O)(OC=C(Cl)Cl)OC=C(Cl)Cl. The Hall–Kier alpha value is 0.170. The summed E-state index contributed by atoms with van der Waals surface area (Å²) >= 11 is 21.0. The van der Waals surface area contributed by atoms with Crippen molar-refractivity contribution < 1.29 is 18.1 Å². The van der Waals surface area contributed by atoms with Crippen molar-refractivity contribution in [1.29, 1.82) is 0 Å². The summed E-state index contributed by atoms with van der Waals surface area (Å²) in [5.41, 5.74) is 0. The van der Waals surface area contributed by atoms with Crippen molar-refractivity contribution in [2.24, 2.45) is 0 Å². The zero-order valence-electron chi connectivity index (χ0n) is 7.74. The summed E-state index contributed by atoms with van der Waals surface area (Å²) in [6, 6.07) is 0. The number of phosphoric acid groups is 1. The third-order valence-electron chi connectivity index (χ3n) is 0.892. The zero-order chi connectivity index (χ0) is 12.6. The van der Waals surface area contributed by atoms with Gasteiger partial charge in [-0.3, -0.25) is 4.52 Å². The quantitative estimate of drug-likeness (QED) is 0.379. The molecule has 0 fully saturated rings. The fourth-order valence-electron chi connectivity index (χ4n) is 0.438. The van der Waals surface area contributed by atoms with Crippen molar-refractivity contribution in [1.82, 2.24) is 0 Å². The molecule has 0 radical (unpaired) electrons. The average Bonchev–Trinajstić information content (AvgIpc) is 2.21. The number of halogens is 4. The Kier molecular flexibility index (Phi) is 8.38. The average molecular weight is 328 g/mol. The summed E-state index contributed by atoms with van der Waals surface area (Å²) in [6.07, 6.45) is 2.93. The molecule has 0 aliphatic carbocycles. The van der Waals surface area contributed by atoms with Crippen LogP contribution in [0.25, 0.3) is 0 Å². The second-order valence-electron chi connectivity index (χ2n) is 2.06. The van der Waals surface area contributed by atoms with Crippen LogP contribution in [0.15, 0.2) is 34.2 Å². The molecule has 0 aromatic heterocycles. The van der Waals surface area contributed by atoms with E-state index in [2.05, 4.69) is 15.6 Å². The van der Waals surface area contributed by atoms with Crippen molar-refractivity contribution in [2.45, 2.75) is 0 Å². The molecule has 0 aromatic carbocycles. The fraction of sp³-hybridized carbons (Fsp3) is 0.143. The number of hydrogen-bond acceptors (Lipinski definition) is 4. The van der Waals surface area contributed by atoms with Crippen molar-refractivity contribution in [3.05, 3.63) is 34.2 Å². The van der Waals surface area contributed by atoms with Gasteiger partial charge in [-0.1, -0.05) is 52.5 Å². The summed E-state index contributed by atoms with van der Waals surface area (Å²) in [5.74, 6) is 0. The predicted molar refractivity (Wildman–Crippen MR) is 65.5 cm³/mol. The van der Waals surface area contributed by atoms with Crippen LogP contribution in [0.5, 0.6) is 0 Å². The third-order valence-corrected chi connectivity index (χ3v) is 2.44. The molecule has 0 saturated heterocycles. The maximum Gasteiger partial charge on any atom is 0.586 e. The van der Waals surface area contributed by atoms with Crippen LogP contribution in [0.1, 0.15) is 0 Å². The number of rotatable bonds is 7. The molecule has 0 N–H and O–H groups in total. The van der Waals surface area contributed by atoms with Gasteiger partial charge in [0.1, 0.15) is 21.5 Å². The van der Waals surface area contributed by atoms with Gasteiger partial charge in [0.05, 0.1) is 6.61 Å². The van der Waals surface area contributed by atoms with Crippen molar-refractivity contribution in [3.63, 3.8) is 0 Å². The van der Waals surface area contributed by atoms with Crippen LogP contribution in [-0.2, 0) is 18.1 Å². The molecule has 0 amide bonds. The van der Waals surface area contributed by atoms with E-state index in [-0.39, 0.29) is 15.6 Å². The molecule has 0 rings (SSSR count). The molecule has 4 nitrogen and oxygen atoms in total. The van der Waals surface area contributed by atoms with E-state index in [1.54, 1.807) is 0 Å². The molecule has 0 aliphatic rings. The topological polar surface area (TPSA) is 44.8 Å². The van der Waals surface area contributed by atoms with Crippen molar-refractivity contribution >= 4 is 54.2 Å². The largest absolute Gasteiger partial charge is 0.586 e. The summed E-state index contributed by atoms with van der Waals surface area (Å²) < 4.78 is 25.2. The van der Waals surface area contributed by atoms with Crippen LogP contribution in [-0.4, -0.2) is 6.61 Å². The van der Waals surface area contributed by atoms with E-state index in [1.807, 2.05) is 0 Å². The van der Waals surface area contributed by atoms with Crippen LogP contribution < -0.4 is 0 Å². The van der Waals surface area contributed by atoms with Crippen LogP contribution in [0.4, 0.5) is 0 Å². The molecule has 0 atom stereocenters. The predicted octanol–water partition coefficient (Wildman–Crippen LogP) is 4.88.